The molecule has 1 aromatic carbocycles. The predicted octanol–water partition coefficient (Wildman–Crippen LogP) is 4.28. The second-order valence-corrected chi connectivity index (χ2v) is 8.85. The maximum absolute atomic E-state index is 12.5. The molecule has 2 aliphatic rings. The van der Waals surface area contributed by atoms with Crippen molar-refractivity contribution in [1.82, 2.24) is 15.2 Å². The van der Waals surface area contributed by atoms with Crippen LogP contribution in [0, 0.1) is 11.8 Å². The maximum Gasteiger partial charge on any atom is 0.222 e. The van der Waals surface area contributed by atoms with Gasteiger partial charge in [0.05, 0.1) is 15.2 Å². The molecule has 0 saturated carbocycles. The summed E-state index contributed by atoms with van der Waals surface area (Å²) in [5, 5.41) is 4.61. The van der Waals surface area contributed by atoms with Crippen molar-refractivity contribution in [3.8, 4) is 0 Å². The van der Waals surface area contributed by atoms with Crippen molar-refractivity contribution in [2.24, 2.45) is 11.8 Å². The average Bonchev–Trinajstić information content (AvgIpc) is 3.11. The molecular formula is C21H30ClN3OS. The Hall–Kier alpha value is -1.17. The highest BCUT2D eigenvalue weighted by molar-refractivity contribution is 7.18. The first-order valence-electron chi connectivity index (χ1n) is 10.1. The van der Waals surface area contributed by atoms with E-state index in [-0.39, 0.29) is 12.4 Å². The number of nitrogens with zero attached hydrogens (tertiary/aromatic N) is 2. The number of benzene rings is 1. The quantitative estimate of drug-likeness (QED) is 0.804. The smallest absolute Gasteiger partial charge is 0.222 e. The summed E-state index contributed by atoms with van der Waals surface area (Å²) in [6.07, 6.45) is 7.53. The Labute approximate surface area is 172 Å². The van der Waals surface area contributed by atoms with Gasteiger partial charge >= 0.3 is 0 Å². The summed E-state index contributed by atoms with van der Waals surface area (Å²) >= 11 is 1.76. The van der Waals surface area contributed by atoms with Crippen LogP contribution in [0.15, 0.2) is 24.3 Å². The number of amides is 1. The third-order valence-corrected chi connectivity index (χ3v) is 7.16. The van der Waals surface area contributed by atoms with Crippen molar-refractivity contribution in [2.45, 2.75) is 44.9 Å². The predicted molar refractivity (Wildman–Crippen MR) is 115 cm³/mol. The minimum atomic E-state index is 0. The Kier molecular flexibility index (Phi) is 7.50. The molecule has 0 unspecified atom stereocenters. The fourth-order valence-corrected chi connectivity index (χ4v) is 5.52. The van der Waals surface area contributed by atoms with Crippen LogP contribution in [0.3, 0.4) is 0 Å². The molecule has 4 rings (SSSR count). The molecule has 2 aliphatic heterocycles. The molecule has 148 valence electrons. The first-order valence-corrected chi connectivity index (χ1v) is 10.9. The molecule has 0 radical (unpaired) electrons. The minimum Gasteiger partial charge on any atom is -0.343 e. The van der Waals surface area contributed by atoms with Gasteiger partial charge in [0.2, 0.25) is 5.91 Å². The summed E-state index contributed by atoms with van der Waals surface area (Å²) in [4.78, 5) is 19.3. The summed E-state index contributed by atoms with van der Waals surface area (Å²) in [5.41, 5.74) is 1.08. The Morgan fingerprint density at radius 1 is 1.11 bits per heavy atom. The number of likely N-dealkylation sites (tertiary alicyclic amines) is 1. The molecule has 0 aliphatic carbocycles. The topological polar surface area (TPSA) is 45.2 Å². The zero-order chi connectivity index (χ0) is 17.8. The third-order valence-electron chi connectivity index (χ3n) is 6.06. The summed E-state index contributed by atoms with van der Waals surface area (Å²) in [6, 6.07) is 8.27. The Morgan fingerprint density at radius 2 is 1.81 bits per heavy atom. The van der Waals surface area contributed by atoms with Gasteiger partial charge in [-0.05, 0) is 75.6 Å². The second-order valence-electron chi connectivity index (χ2n) is 7.73. The maximum atomic E-state index is 12.5. The number of hydrogen-bond donors (Lipinski definition) is 1. The summed E-state index contributed by atoms with van der Waals surface area (Å²) in [5.74, 6) is 2.06. The Bertz CT molecular complexity index is 703. The normalized spacial score (nSPS) is 19.2. The lowest BCUT2D eigenvalue weighted by molar-refractivity contribution is -0.133. The van der Waals surface area contributed by atoms with Crippen LogP contribution < -0.4 is 5.32 Å². The van der Waals surface area contributed by atoms with E-state index in [0.717, 1.165) is 48.3 Å². The Balaban J connectivity index is 0.00000210. The van der Waals surface area contributed by atoms with Gasteiger partial charge in [-0.1, -0.05) is 12.1 Å². The number of carbonyl (C=O) groups excluding carboxylic acids is 1. The van der Waals surface area contributed by atoms with Gasteiger partial charge in [-0.25, -0.2) is 4.98 Å². The van der Waals surface area contributed by atoms with Gasteiger partial charge in [0.25, 0.3) is 0 Å². The van der Waals surface area contributed by atoms with Crippen LogP contribution in [-0.2, 0) is 11.2 Å². The van der Waals surface area contributed by atoms with E-state index < -0.39 is 0 Å². The monoisotopic (exact) mass is 407 g/mol. The zero-order valence-corrected chi connectivity index (χ0v) is 17.5. The van der Waals surface area contributed by atoms with Gasteiger partial charge < -0.3 is 10.2 Å². The number of para-hydroxylation sites is 1. The van der Waals surface area contributed by atoms with Gasteiger partial charge in [0.15, 0.2) is 0 Å². The van der Waals surface area contributed by atoms with E-state index in [4.69, 9.17) is 0 Å². The standard InChI is InChI=1S/C21H29N3OS.ClH/c25-21(7-3-6-20-23-18-4-1-2-5-19(18)26-20)24-14-10-17(11-15-24)16-8-12-22-13-9-16;/h1-2,4-5,16-17,22H,3,6-15H2;1H. The van der Waals surface area contributed by atoms with E-state index in [1.54, 1.807) is 11.3 Å². The van der Waals surface area contributed by atoms with Crippen molar-refractivity contribution in [1.29, 1.82) is 0 Å². The molecule has 3 heterocycles. The number of aryl methyl sites for hydroxylation is 1. The van der Waals surface area contributed by atoms with E-state index in [1.807, 2.05) is 6.07 Å². The van der Waals surface area contributed by atoms with E-state index in [0.29, 0.717) is 12.3 Å². The first-order chi connectivity index (χ1) is 12.8. The molecule has 0 spiro atoms. The summed E-state index contributed by atoms with van der Waals surface area (Å²) < 4.78 is 1.24. The highest BCUT2D eigenvalue weighted by Gasteiger charge is 2.28. The molecule has 1 N–H and O–H groups in total. The number of halogens is 1. The molecule has 2 fully saturated rings. The number of carbonyl (C=O) groups is 1. The molecular weight excluding hydrogens is 378 g/mol. The fourth-order valence-electron chi connectivity index (χ4n) is 4.51. The molecule has 0 bridgehead atoms. The number of aromatic nitrogens is 1. The average molecular weight is 408 g/mol. The number of piperidine rings is 2. The largest absolute Gasteiger partial charge is 0.343 e. The second kappa shape index (κ2) is 9.85. The van der Waals surface area contributed by atoms with Crippen LogP contribution >= 0.6 is 23.7 Å². The highest BCUT2D eigenvalue weighted by Crippen LogP contribution is 2.31. The molecule has 4 nitrogen and oxygen atoms in total. The number of thiazole rings is 1. The van der Waals surface area contributed by atoms with Crippen LogP contribution in [0.4, 0.5) is 0 Å². The molecule has 0 atom stereocenters. The molecule has 27 heavy (non-hydrogen) atoms. The van der Waals surface area contributed by atoms with E-state index in [1.165, 1.54) is 43.5 Å². The lowest BCUT2D eigenvalue weighted by Gasteiger charge is -2.37. The zero-order valence-electron chi connectivity index (χ0n) is 15.9. The highest BCUT2D eigenvalue weighted by atomic mass is 35.5. The van der Waals surface area contributed by atoms with Gasteiger partial charge in [0.1, 0.15) is 0 Å². The van der Waals surface area contributed by atoms with Gasteiger partial charge in [-0.3, -0.25) is 4.79 Å². The minimum absolute atomic E-state index is 0. The number of rotatable bonds is 5. The molecule has 6 heteroatoms. The lowest BCUT2D eigenvalue weighted by Crippen LogP contribution is -2.41. The molecule has 1 amide bonds. The summed E-state index contributed by atoms with van der Waals surface area (Å²) in [6.45, 7) is 4.29. The van der Waals surface area contributed by atoms with Crippen LogP contribution in [0.25, 0.3) is 10.2 Å². The lowest BCUT2D eigenvalue weighted by atomic mass is 9.79. The van der Waals surface area contributed by atoms with Crippen molar-refractivity contribution in [2.75, 3.05) is 26.2 Å². The van der Waals surface area contributed by atoms with Crippen molar-refractivity contribution >= 4 is 39.9 Å². The molecule has 1 aromatic heterocycles. The molecule has 2 saturated heterocycles. The Morgan fingerprint density at radius 3 is 2.56 bits per heavy atom. The van der Waals surface area contributed by atoms with Gasteiger partial charge in [0, 0.05) is 19.5 Å². The van der Waals surface area contributed by atoms with Crippen molar-refractivity contribution in [3.05, 3.63) is 29.3 Å². The number of hydrogen-bond acceptors (Lipinski definition) is 4. The fraction of sp³-hybridized carbons (Fsp3) is 0.619. The van der Waals surface area contributed by atoms with Crippen molar-refractivity contribution in [3.63, 3.8) is 0 Å². The van der Waals surface area contributed by atoms with Crippen LogP contribution in [0.2, 0.25) is 0 Å². The van der Waals surface area contributed by atoms with Crippen molar-refractivity contribution < 1.29 is 4.79 Å². The number of nitrogens with one attached hydrogen (secondary N) is 1. The van der Waals surface area contributed by atoms with E-state index >= 15 is 0 Å². The van der Waals surface area contributed by atoms with E-state index in [2.05, 4.69) is 33.4 Å². The van der Waals surface area contributed by atoms with Crippen LogP contribution in [0.1, 0.15) is 43.5 Å². The van der Waals surface area contributed by atoms with Crippen LogP contribution in [0.5, 0.6) is 0 Å². The SMILES string of the molecule is Cl.O=C(CCCc1nc2ccccc2s1)N1CCC(C2CCNCC2)CC1. The van der Waals surface area contributed by atoms with Gasteiger partial charge in [-0.15, -0.1) is 23.7 Å². The summed E-state index contributed by atoms with van der Waals surface area (Å²) in [7, 11) is 0. The third kappa shape index (κ3) is 5.21. The van der Waals surface area contributed by atoms with Gasteiger partial charge in [-0.2, -0.15) is 0 Å². The molecule has 2 aromatic rings. The van der Waals surface area contributed by atoms with E-state index in [9.17, 15) is 4.79 Å². The number of fused-ring (bicyclic) bond motifs is 1. The first kappa shape index (κ1) is 20.6. The van der Waals surface area contributed by atoms with Crippen LogP contribution in [-0.4, -0.2) is 42.0 Å².